The maximum Gasteiger partial charge on any atom is 0.316 e. The van der Waals surface area contributed by atoms with Gasteiger partial charge < -0.3 is 4.74 Å². The van der Waals surface area contributed by atoms with Gasteiger partial charge in [-0.15, -0.1) is 0 Å². The standard InChI is InChI=1S/C18H15N3O3S/c22-25(23)13-12-21-11-10-19-17(18(21)20-25)14-6-8-16(9-7-14)24-15-4-2-1-3-5-15/h1-11H,12-13H2/p+1. The van der Waals surface area contributed by atoms with Gasteiger partial charge in [-0.2, -0.15) is 13.1 Å². The Bertz CT molecular complexity index is 1000. The normalized spacial score (nSPS) is 15.0. The first-order valence-corrected chi connectivity index (χ1v) is 9.48. The second kappa shape index (κ2) is 6.18. The van der Waals surface area contributed by atoms with Crippen molar-refractivity contribution in [2.75, 3.05) is 10.5 Å². The lowest BCUT2D eigenvalue weighted by Crippen LogP contribution is -2.47. The van der Waals surface area contributed by atoms with Crippen LogP contribution >= 0.6 is 0 Å². The highest BCUT2D eigenvalue weighted by molar-refractivity contribution is 7.92. The van der Waals surface area contributed by atoms with Gasteiger partial charge in [-0.1, -0.05) is 18.2 Å². The summed E-state index contributed by atoms with van der Waals surface area (Å²) in [6.45, 7) is 0.412. The van der Waals surface area contributed by atoms with Gasteiger partial charge in [0.25, 0.3) is 0 Å². The number of benzene rings is 2. The van der Waals surface area contributed by atoms with E-state index in [1.54, 1.807) is 12.4 Å². The van der Waals surface area contributed by atoms with E-state index in [-0.39, 0.29) is 5.75 Å². The highest BCUT2D eigenvalue weighted by atomic mass is 32.2. The molecule has 25 heavy (non-hydrogen) atoms. The molecule has 1 aromatic heterocycles. The van der Waals surface area contributed by atoms with E-state index in [4.69, 9.17) is 4.74 Å². The van der Waals surface area contributed by atoms with Gasteiger partial charge in [0.05, 0.1) is 6.20 Å². The van der Waals surface area contributed by atoms with Gasteiger partial charge in [0, 0.05) is 5.56 Å². The minimum absolute atomic E-state index is 0.0674. The first kappa shape index (κ1) is 15.6. The van der Waals surface area contributed by atoms with Crippen molar-refractivity contribution in [1.29, 1.82) is 0 Å². The van der Waals surface area contributed by atoms with Crippen LogP contribution in [-0.2, 0) is 16.6 Å². The maximum atomic E-state index is 11.9. The lowest BCUT2D eigenvalue weighted by atomic mass is 10.1. The van der Waals surface area contributed by atoms with Crippen LogP contribution in [0.25, 0.3) is 11.3 Å². The predicted molar refractivity (Wildman–Crippen MR) is 93.8 cm³/mol. The van der Waals surface area contributed by atoms with E-state index in [0.717, 1.165) is 11.3 Å². The molecule has 0 atom stereocenters. The molecule has 0 spiro atoms. The minimum atomic E-state index is -3.31. The molecule has 0 radical (unpaired) electrons. The van der Waals surface area contributed by atoms with Crippen molar-refractivity contribution in [2.24, 2.45) is 0 Å². The summed E-state index contributed by atoms with van der Waals surface area (Å²) in [6.07, 6.45) is 3.44. The molecule has 1 aliphatic heterocycles. The Morgan fingerprint density at radius 1 is 1.00 bits per heavy atom. The van der Waals surface area contributed by atoms with Crippen LogP contribution in [0.3, 0.4) is 0 Å². The van der Waals surface area contributed by atoms with Gasteiger partial charge in [0.1, 0.15) is 30.0 Å². The molecule has 0 bridgehead atoms. The zero-order valence-electron chi connectivity index (χ0n) is 13.3. The maximum absolute atomic E-state index is 11.9. The van der Waals surface area contributed by atoms with Gasteiger partial charge in [-0.25, -0.2) is 9.55 Å². The number of aromatic nitrogens is 2. The quantitative estimate of drug-likeness (QED) is 0.734. The molecule has 4 rings (SSSR count). The van der Waals surface area contributed by atoms with E-state index >= 15 is 0 Å². The van der Waals surface area contributed by atoms with Crippen LogP contribution in [0, 0.1) is 0 Å². The topological polar surface area (TPSA) is 72.2 Å². The first-order chi connectivity index (χ1) is 12.1. The van der Waals surface area contributed by atoms with Crippen molar-refractivity contribution < 1.29 is 17.7 Å². The van der Waals surface area contributed by atoms with Crippen molar-refractivity contribution in [3.05, 3.63) is 67.0 Å². The van der Waals surface area contributed by atoms with Crippen LogP contribution in [0.5, 0.6) is 11.5 Å². The zero-order valence-corrected chi connectivity index (χ0v) is 14.1. The summed E-state index contributed by atoms with van der Waals surface area (Å²) >= 11 is 0. The summed E-state index contributed by atoms with van der Waals surface area (Å²) in [5.41, 5.74) is 1.41. The molecule has 2 heterocycles. The molecule has 0 amide bonds. The van der Waals surface area contributed by atoms with Crippen LogP contribution in [-0.4, -0.2) is 19.2 Å². The molecule has 1 aliphatic rings. The average molecular weight is 354 g/mol. The number of sulfonamides is 1. The summed E-state index contributed by atoms with van der Waals surface area (Å²) < 4.78 is 34.0. The third-order valence-corrected chi connectivity index (χ3v) is 5.15. The van der Waals surface area contributed by atoms with Crippen molar-refractivity contribution in [3.8, 4) is 22.8 Å². The van der Waals surface area contributed by atoms with Gasteiger partial charge in [-0.05, 0) is 36.4 Å². The lowest BCUT2D eigenvalue weighted by Gasteiger charge is -2.15. The predicted octanol–water partition coefficient (Wildman–Crippen LogP) is 2.58. The second-order valence-corrected chi connectivity index (χ2v) is 7.52. The Morgan fingerprint density at radius 2 is 1.72 bits per heavy atom. The van der Waals surface area contributed by atoms with Gasteiger partial charge in [0.15, 0.2) is 5.69 Å². The third-order valence-electron chi connectivity index (χ3n) is 3.92. The first-order valence-electron chi connectivity index (χ1n) is 7.83. The molecule has 0 saturated carbocycles. The van der Waals surface area contributed by atoms with E-state index in [2.05, 4.69) is 9.71 Å². The van der Waals surface area contributed by atoms with E-state index < -0.39 is 10.0 Å². The molecular weight excluding hydrogens is 338 g/mol. The molecule has 6 nitrogen and oxygen atoms in total. The Hall–Kier alpha value is -2.93. The molecule has 0 aliphatic carbocycles. The average Bonchev–Trinajstić information content (AvgIpc) is 2.62. The number of hydrogen-bond donors (Lipinski definition) is 1. The number of nitrogens with one attached hydrogen (secondary N) is 1. The smallest absolute Gasteiger partial charge is 0.316 e. The lowest BCUT2D eigenvalue weighted by molar-refractivity contribution is -0.679. The molecule has 3 aromatic rings. The van der Waals surface area contributed by atoms with Crippen molar-refractivity contribution in [1.82, 2.24) is 4.98 Å². The molecule has 0 unspecified atom stereocenters. The number of anilines is 1. The van der Waals surface area contributed by atoms with E-state index in [1.807, 2.05) is 59.2 Å². The number of nitrogens with zero attached hydrogens (tertiary/aromatic N) is 2. The fraction of sp³-hybridized carbons (Fsp3) is 0.111. The largest absolute Gasteiger partial charge is 0.457 e. The molecule has 0 fully saturated rings. The third kappa shape index (κ3) is 3.32. The number of para-hydroxylation sites is 1. The van der Waals surface area contributed by atoms with Crippen LogP contribution in [0.4, 0.5) is 5.82 Å². The van der Waals surface area contributed by atoms with Gasteiger partial charge >= 0.3 is 15.8 Å². The molecule has 0 saturated heterocycles. The Labute approximate surface area is 145 Å². The van der Waals surface area contributed by atoms with Crippen LogP contribution in [0.1, 0.15) is 0 Å². The Balaban J connectivity index is 1.65. The summed E-state index contributed by atoms with van der Waals surface area (Å²) in [6, 6.07) is 16.9. The Kier molecular flexibility index (Phi) is 3.85. The summed E-state index contributed by atoms with van der Waals surface area (Å²) in [5, 5.41) is 0. The number of rotatable bonds is 3. The number of ether oxygens (including phenoxy) is 1. The number of aryl methyl sites for hydroxylation is 1. The molecular formula is C18H16N3O3S+. The fourth-order valence-corrected chi connectivity index (χ4v) is 3.73. The van der Waals surface area contributed by atoms with Crippen LogP contribution in [0.2, 0.25) is 0 Å². The molecule has 7 heteroatoms. The van der Waals surface area contributed by atoms with E-state index in [9.17, 15) is 8.42 Å². The Morgan fingerprint density at radius 3 is 2.48 bits per heavy atom. The summed E-state index contributed by atoms with van der Waals surface area (Å²) in [7, 11) is -3.31. The second-order valence-electron chi connectivity index (χ2n) is 5.68. The van der Waals surface area contributed by atoms with Crippen molar-refractivity contribution in [2.45, 2.75) is 6.54 Å². The number of hydrogen-bond acceptors (Lipinski definition) is 4. The summed E-state index contributed by atoms with van der Waals surface area (Å²) in [4.78, 5) is 4.35. The van der Waals surface area contributed by atoms with Gasteiger partial charge in [-0.3, -0.25) is 0 Å². The molecule has 2 aromatic carbocycles. The molecule has 126 valence electrons. The van der Waals surface area contributed by atoms with Crippen molar-refractivity contribution in [3.63, 3.8) is 0 Å². The zero-order chi connectivity index (χ0) is 17.3. The number of fused-ring (bicyclic) bond motifs is 1. The van der Waals surface area contributed by atoms with E-state index in [1.165, 1.54) is 0 Å². The van der Waals surface area contributed by atoms with Crippen molar-refractivity contribution >= 4 is 15.8 Å². The summed E-state index contributed by atoms with van der Waals surface area (Å²) in [5.74, 6) is 2.02. The monoisotopic (exact) mass is 354 g/mol. The SMILES string of the molecule is O=S1(=O)CC[n+]2ccnc(-c3ccc(Oc4ccccc4)cc3)c2N1. The van der Waals surface area contributed by atoms with Gasteiger partial charge in [0.2, 0.25) is 0 Å². The fourth-order valence-electron chi connectivity index (χ4n) is 2.69. The highest BCUT2D eigenvalue weighted by Gasteiger charge is 2.30. The van der Waals surface area contributed by atoms with E-state index in [0.29, 0.717) is 23.8 Å². The highest BCUT2D eigenvalue weighted by Crippen LogP contribution is 2.28. The molecule has 1 N–H and O–H groups in total. The van der Waals surface area contributed by atoms with Crippen LogP contribution in [0.15, 0.2) is 67.0 Å². The van der Waals surface area contributed by atoms with Crippen LogP contribution < -0.4 is 14.0 Å². The minimum Gasteiger partial charge on any atom is -0.457 e.